The highest BCUT2D eigenvalue weighted by Gasteiger charge is 2.21. The monoisotopic (exact) mass is 560 g/mol. The summed E-state index contributed by atoms with van der Waals surface area (Å²) in [5.41, 5.74) is 3.53. The lowest BCUT2D eigenvalue weighted by Gasteiger charge is -2.21. The fourth-order valence-electron chi connectivity index (χ4n) is 4.18. The van der Waals surface area contributed by atoms with Gasteiger partial charge in [0.1, 0.15) is 6.61 Å². The molecule has 0 bridgehead atoms. The second-order valence-corrected chi connectivity index (χ2v) is 9.36. The smallest absolute Gasteiger partial charge is 0.408 e. The molecule has 3 rings (SSSR count). The molecule has 0 fully saturated rings. The van der Waals surface area contributed by atoms with Crippen LogP contribution in [0.1, 0.15) is 46.9 Å². The van der Waals surface area contributed by atoms with Crippen molar-refractivity contribution >= 4 is 18.0 Å². The molecule has 2 atom stereocenters. The van der Waals surface area contributed by atoms with Crippen LogP contribution >= 0.6 is 0 Å². The van der Waals surface area contributed by atoms with Gasteiger partial charge in [0.2, 0.25) is 5.91 Å². The lowest BCUT2D eigenvalue weighted by molar-refractivity contribution is -0.123. The molecule has 2 unspecified atom stereocenters. The number of carbonyl (C=O) groups excluding carboxylic acids is 3. The van der Waals surface area contributed by atoms with Crippen LogP contribution in [0, 0.1) is 5.92 Å². The fourth-order valence-corrected chi connectivity index (χ4v) is 4.18. The van der Waals surface area contributed by atoms with Gasteiger partial charge in [-0.25, -0.2) is 9.59 Å². The number of esters is 1. The summed E-state index contributed by atoms with van der Waals surface area (Å²) < 4.78 is 20.8. The summed E-state index contributed by atoms with van der Waals surface area (Å²) in [5.74, 6) is 0.0272. The van der Waals surface area contributed by atoms with Crippen molar-refractivity contribution in [3.8, 4) is 11.5 Å². The minimum Gasteiger partial charge on any atom is -0.493 e. The van der Waals surface area contributed by atoms with Crippen LogP contribution in [-0.4, -0.2) is 39.3 Å². The summed E-state index contributed by atoms with van der Waals surface area (Å²) in [6.07, 6.45) is 1.18. The Morgan fingerprint density at radius 1 is 0.854 bits per heavy atom. The summed E-state index contributed by atoms with van der Waals surface area (Å²) in [4.78, 5) is 37.6. The van der Waals surface area contributed by atoms with Gasteiger partial charge in [-0.1, -0.05) is 61.5 Å². The maximum Gasteiger partial charge on any atom is 0.408 e. The summed E-state index contributed by atoms with van der Waals surface area (Å²) in [7, 11) is 4.43. The normalized spacial score (nSPS) is 12.5. The Balaban J connectivity index is 1.73. The fraction of sp³-hybridized carbons (Fsp3) is 0.281. The van der Waals surface area contributed by atoms with Crippen LogP contribution in [0.5, 0.6) is 11.5 Å². The Morgan fingerprint density at radius 3 is 2.17 bits per heavy atom. The van der Waals surface area contributed by atoms with Gasteiger partial charge < -0.3 is 29.6 Å². The molecule has 0 aliphatic heterocycles. The number of rotatable bonds is 12. The Labute approximate surface area is 240 Å². The van der Waals surface area contributed by atoms with Gasteiger partial charge in [0.15, 0.2) is 11.5 Å². The first kappa shape index (κ1) is 30.7. The van der Waals surface area contributed by atoms with Crippen LogP contribution in [0.2, 0.25) is 0 Å². The third kappa shape index (κ3) is 8.86. The Hall–Kier alpha value is -4.79. The number of hydrogen-bond acceptors (Lipinski definition) is 7. The van der Waals surface area contributed by atoms with Gasteiger partial charge >= 0.3 is 12.1 Å². The molecule has 0 aromatic heterocycles. The van der Waals surface area contributed by atoms with E-state index in [0.29, 0.717) is 29.2 Å². The van der Waals surface area contributed by atoms with Crippen LogP contribution in [0.3, 0.4) is 0 Å². The van der Waals surface area contributed by atoms with E-state index in [-0.39, 0.29) is 12.5 Å². The molecule has 0 saturated heterocycles. The molecule has 0 spiro atoms. The third-order valence-corrected chi connectivity index (χ3v) is 6.44. The first-order valence-electron chi connectivity index (χ1n) is 13.1. The van der Waals surface area contributed by atoms with Gasteiger partial charge in [-0.2, -0.15) is 0 Å². The molecule has 0 aliphatic rings. The number of carbonyl (C=O) groups is 3. The van der Waals surface area contributed by atoms with Crippen LogP contribution < -0.4 is 20.1 Å². The van der Waals surface area contributed by atoms with Crippen LogP contribution in [0.25, 0.3) is 0 Å². The number of benzene rings is 3. The summed E-state index contributed by atoms with van der Waals surface area (Å²) >= 11 is 0. The second kappa shape index (κ2) is 15.1. The van der Waals surface area contributed by atoms with E-state index in [1.54, 1.807) is 57.6 Å². The predicted octanol–water partition coefficient (Wildman–Crippen LogP) is 5.36. The number of alkyl carbamates (subject to hydrolysis) is 1. The summed E-state index contributed by atoms with van der Waals surface area (Å²) in [5, 5.41) is 5.82. The van der Waals surface area contributed by atoms with E-state index in [2.05, 4.69) is 10.6 Å². The molecular weight excluding hydrogens is 524 g/mol. The van der Waals surface area contributed by atoms with Crippen molar-refractivity contribution in [1.29, 1.82) is 0 Å². The molecule has 216 valence electrons. The van der Waals surface area contributed by atoms with E-state index in [9.17, 15) is 14.4 Å². The molecule has 41 heavy (non-hydrogen) atoms. The Bertz CT molecular complexity index is 1350. The Kier molecular flexibility index (Phi) is 11.3. The highest BCUT2D eigenvalue weighted by molar-refractivity contribution is 5.89. The first-order chi connectivity index (χ1) is 19.7. The van der Waals surface area contributed by atoms with Gasteiger partial charge in [-0.15, -0.1) is 0 Å². The van der Waals surface area contributed by atoms with E-state index in [1.807, 2.05) is 49.4 Å². The van der Waals surface area contributed by atoms with Gasteiger partial charge in [-0.3, -0.25) is 4.79 Å². The molecule has 3 aromatic carbocycles. The van der Waals surface area contributed by atoms with E-state index >= 15 is 0 Å². The molecule has 2 amide bonds. The zero-order chi connectivity index (χ0) is 29.8. The maximum atomic E-state index is 12.9. The number of ether oxygens (including phenoxy) is 4. The van der Waals surface area contributed by atoms with Crippen molar-refractivity contribution in [3.05, 3.63) is 107 Å². The zero-order valence-electron chi connectivity index (χ0n) is 23.9. The standard InChI is InChI=1S/C32H36N2O7/c1-21(17-22(2)30(35)33-19-24-11-16-27(38-3)28(18-24)39-4)29(25-12-14-26(15-13-25)31(36)40-5)34-32(37)41-20-23-9-7-6-8-10-23/h6-18,22,29H,19-20H2,1-5H3,(H,33,35)(H,34,37). The van der Waals surface area contributed by atoms with Crippen molar-refractivity contribution in [2.75, 3.05) is 21.3 Å². The van der Waals surface area contributed by atoms with E-state index in [4.69, 9.17) is 18.9 Å². The van der Waals surface area contributed by atoms with E-state index in [0.717, 1.165) is 16.7 Å². The largest absolute Gasteiger partial charge is 0.493 e. The van der Waals surface area contributed by atoms with Gasteiger partial charge in [-0.05, 0) is 53.5 Å². The van der Waals surface area contributed by atoms with Crippen molar-refractivity contribution in [1.82, 2.24) is 10.6 Å². The van der Waals surface area contributed by atoms with E-state index in [1.165, 1.54) is 7.11 Å². The van der Waals surface area contributed by atoms with Crippen LogP contribution in [0.4, 0.5) is 4.79 Å². The SMILES string of the molecule is COC(=O)c1ccc(C(NC(=O)OCc2ccccc2)C(C)=CC(C)C(=O)NCc2ccc(OC)c(OC)c2)cc1. The zero-order valence-corrected chi connectivity index (χ0v) is 23.9. The average molecular weight is 561 g/mol. The topological polar surface area (TPSA) is 112 Å². The number of amides is 2. The summed E-state index contributed by atoms with van der Waals surface area (Å²) in [6, 6.07) is 20.9. The maximum absolute atomic E-state index is 12.9. The quantitative estimate of drug-likeness (QED) is 0.227. The number of nitrogens with one attached hydrogen (secondary N) is 2. The van der Waals surface area contributed by atoms with Crippen molar-refractivity contribution in [2.45, 2.75) is 33.0 Å². The van der Waals surface area contributed by atoms with Gasteiger partial charge in [0.25, 0.3) is 0 Å². The molecular formula is C32H36N2O7. The molecule has 3 aromatic rings. The van der Waals surface area contributed by atoms with Crippen molar-refractivity contribution < 1.29 is 33.3 Å². The highest BCUT2D eigenvalue weighted by Crippen LogP contribution is 2.28. The number of hydrogen-bond donors (Lipinski definition) is 2. The average Bonchev–Trinajstić information content (AvgIpc) is 3.01. The minimum absolute atomic E-state index is 0.110. The molecule has 0 aliphatic carbocycles. The Morgan fingerprint density at radius 2 is 1.54 bits per heavy atom. The summed E-state index contributed by atoms with van der Waals surface area (Å²) in [6.45, 7) is 4.02. The molecule has 2 N–H and O–H groups in total. The van der Waals surface area contributed by atoms with Crippen molar-refractivity contribution in [2.24, 2.45) is 5.92 Å². The molecule has 0 heterocycles. The predicted molar refractivity (Wildman–Crippen MR) is 155 cm³/mol. The molecule has 0 saturated carbocycles. The van der Waals surface area contributed by atoms with Gasteiger partial charge in [0, 0.05) is 6.54 Å². The number of methoxy groups -OCH3 is 3. The molecule has 0 radical (unpaired) electrons. The lowest BCUT2D eigenvalue weighted by Crippen LogP contribution is -2.31. The van der Waals surface area contributed by atoms with Crippen molar-refractivity contribution in [3.63, 3.8) is 0 Å². The highest BCUT2D eigenvalue weighted by atomic mass is 16.5. The van der Waals surface area contributed by atoms with Crippen LogP contribution in [-0.2, 0) is 27.4 Å². The van der Waals surface area contributed by atoms with Gasteiger partial charge in [0.05, 0.1) is 38.9 Å². The second-order valence-electron chi connectivity index (χ2n) is 9.36. The van der Waals surface area contributed by atoms with E-state index < -0.39 is 24.0 Å². The molecule has 9 heteroatoms. The minimum atomic E-state index is -0.616. The van der Waals surface area contributed by atoms with Crippen LogP contribution in [0.15, 0.2) is 84.4 Å². The third-order valence-electron chi connectivity index (χ3n) is 6.44. The first-order valence-corrected chi connectivity index (χ1v) is 13.1. The molecule has 9 nitrogen and oxygen atoms in total. The lowest BCUT2D eigenvalue weighted by atomic mass is 9.95.